The molecule has 1 aliphatic carbocycles. The van der Waals surface area contributed by atoms with E-state index in [0.29, 0.717) is 16.6 Å². The van der Waals surface area contributed by atoms with Gasteiger partial charge in [-0.1, -0.05) is 25.4 Å². The Morgan fingerprint density at radius 2 is 2.25 bits per heavy atom. The summed E-state index contributed by atoms with van der Waals surface area (Å²) in [6.07, 6.45) is 1.26. The third-order valence-electron chi connectivity index (χ3n) is 4.57. The Morgan fingerprint density at radius 3 is 2.95 bits per heavy atom. The van der Waals surface area contributed by atoms with Gasteiger partial charge in [-0.2, -0.15) is 0 Å². The highest BCUT2D eigenvalue weighted by Crippen LogP contribution is 2.53. The van der Waals surface area contributed by atoms with Gasteiger partial charge in [-0.15, -0.1) is 0 Å². The maximum atomic E-state index is 11.1. The molecule has 1 heterocycles. The van der Waals surface area contributed by atoms with Gasteiger partial charge in [0.1, 0.15) is 5.69 Å². The summed E-state index contributed by atoms with van der Waals surface area (Å²) in [5.74, 6) is 0.431. The maximum absolute atomic E-state index is 11.1. The molecule has 0 amide bonds. The van der Waals surface area contributed by atoms with Gasteiger partial charge in [0.25, 0.3) is 5.69 Å². The molecule has 1 saturated heterocycles. The molecule has 5 nitrogen and oxygen atoms in total. The Bertz CT molecular complexity index is 561. The van der Waals surface area contributed by atoms with E-state index >= 15 is 0 Å². The summed E-state index contributed by atoms with van der Waals surface area (Å²) in [6, 6.07) is 4.93. The number of nitrogens with zero attached hydrogens (tertiary/aromatic N) is 1. The van der Waals surface area contributed by atoms with Crippen molar-refractivity contribution in [2.24, 2.45) is 11.3 Å². The number of nitro benzene ring substituents is 1. The van der Waals surface area contributed by atoms with Crippen LogP contribution in [0.25, 0.3) is 0 Å². The van der Waals surface area contributed by atoms with Crippen molar-refractivity contribution >= 4 is 23.0 Å². The second-order valence-corrected chi connectivity index (χ2v) is 6.54. The molecule has 1 N–H and O–H groups in total. The normalized spacial score (nSPS) is 30.4. The summed E-state index contributed by atoms with van der Waals surface area (Å²) in [4.78, 5) is 10.7. The smallest absolute Gasteiger partial charge is 0.293 e. The van der Waals surface area contributed by atoms with Crippen LogP contribution in [0.4, 0.5) is 11.4 Å². The summed E-state index contributed by atoms with van der Waals surface area (Å²) in [5, 5.41) is 14.8. The lowest BCUT2D eigenvalue weighted by atomic mass is 9.57. The zero-order chi connectivity index (χ0) is 14.5. The highest BCUT2D eigenvalue weighted by molar-refractivity contribution is 6.30. The molecule has 1 aromatic rings. The minimum Gasteiger partial charge on any atom is -0.377 e. The monoisotopic (exact) mass is 296 g/mol. The molecule has 108 valence electrons. The Kier molecular flexibility index (Phi) is 3.14. The van der Waals surface area contributed by atoms with Crippen molar-refractivity contribution in [2.45, 2.75) is 32.4 Å². The third kappa shape index (κ3) is 1.96. The van der Waals surface area contributed by atoms with Crippen LogP contribution in [-0.4, -0.2) is 23.7 Å². The number of anilines is 1. The van der Waals surface area contributed by atoms with E-state index in [-0.39, 0.29) is 23.2 Å². The predicted molar refractivity (Wildman–Crippen MR) is 77.1 cm³/mol. The van der Waals surface area contributed by atoms with Gasteiger partial charge in [0, 0.05) is 35.1 Å². The van der Waals surface area contributed by atoms with Crippen molar-refractivity contribution in [3.8, 4) is 0 Å². The molecule has 1 saturated carbocycles. The topological polar surface area (TPSA) is 64.4 Å². The van der Waals surface area contributed by atoms with Crippen molar-refractivity contribution in [3.05, 3.63) is 33.3 Å². The Hall–Kier alpha value is -1.33. The summed E-state index contributed by atoms with van der Waals surface area (Å²) >= 11 is 5.84. The number of hydrogen-bond acceptors (Lipinski definition) is 4. The van der Waals surface area contributed by atoms with E-state index in [1.807, 2.05) is 0 Å². The first-order valence-corrected chi connectivity index (χ1v) is 7.11. The van der Waals surface area contributed by atoms with Gasteiger partial charge in [-0.05, 0) is 18.6 Å². The molecular formula is C14H17ClN2O3. The fourth-order valence-electron chi connectivity index (χ4n) is 3.56. The molecule has 20 heavy (non-hydrogen) atoms. The van der Waals surface area contributed by atoms with E-state index in [2.05, 4.69) is 19.2 Å². The summed E-state index contributed by atoms with van der Waals surface area (Å²) < 4.78 is 5.74. The fourth-order valence-corrected chi connectivity index (χ4v) is 3.73. The van der Waals surface area contributed by atoms with Crippen LogP contribution in [-0.2, 0) is 4.74 Å². The molecule has 2 fully saturated rings. The second kappa shape index (κ2) is 4.60. The van der Waals surface area contributed by atoms with Crippen LogP contribution >= 0.6 is 11.6 Å². The first-order valence-electron chi connectivity index (χ1n) is 6.73. The molecular weight excluding hydrogens is 280 g/mol. The van der Waals surface area contributed by atoms with Gasteiger partial charge >= 0.3 is 0 Å². The molecule has 3 atom stereocenters. The molecule has 0 spiro atoms. The van der Waals surface area contributed by atoms with Crippen LogP contribution in [0.1, 0.15) is 20.3 Å². The number of halogens is 1. The first-order chi connectivity index (χ1) is 9.41. The van der Waals surface area contributed by atoms with Crippen LogP contribution in [0, 0.1) is 21.4 Å². The average molecular weight is 297 g/mol. The molecule has 3 rings (SSSR count). The van der Waals surface area contributed by atoms with E-state index < -0.39 is 4.92 Å². The number of rotatable bonds is 3. The van der Waals surface area contributed by atoms with Crippen molar-refractivity contribution in [1.29, 1.82) is 0 Å². The van der Waals surface area contributed by atoms with Crippen LogP contribution in [0.5, 0.6) is 0 Å². The first kappa shape index (κ1) is 13.6. The van der Waals surface area contributed by atoms with E-state index in [4.69, 9.17) is 16.3 Å². The number of ether oxygens (including phenoxy) is 1. The quantitative estimate of drug-likeness (QED) is 0.685. The standard InChI is InChI=1S/C14H17ClN2O3/c1-14(2)12(9-5-6-20-13(9)14)16-10-4-3-8(15)7-11(10)17(18)19/h3-4,7,9,12-13,16H,5-6H2,1-2H3. The van der Waals surface area contributed by atoms with E-state index in [0.717, 1.165) is 13.0 Å². The number of fused-ring (bicyclic) bond motifs is 1. The van der Waals surface area contributed by atoms with Gasteiger partial charge in [-0.3, -0.25) is 10.1 Å². The second-order valence-electron chi connectivity index (χ2n) is 6.11. The molecule has 6 heteroatoms. The SMILES string of the molecule is CC1(C)C(Nc2ccc(Cl)cc2[N+](=O)[O-])C2CCOC21. The largest absolute Gasteiger partial charge is 0.377 e. The summed E-state index contributed by atoms with van der Waals surface area (Å²) in [6.45, 7) is 5.05. The Labute approximate surface area is 122 Å². The summed E-state index contributed by atoms with van der Waals surface area (Å²) in [5.41, 5.74) is 0.535. The fraction of sp³-hybridized carbons (Fsp3) is 0.571. The third-order valence-corrected chi connectivity index (χ3v) is 4.80. The van der Waals surface area contributed by atoms with E-state index in [1.54, 1.807) is 12.1 Å². The molecule has 1 aromatic carbocycles. The van der Waals surface area contributed by atoms with E-state index in [9.17, 15) is 10.1 Å². The Morgan fingerprint density at radius 1 is 1.50 bits per heavy atom. The predicted octanol–water partition coefficient (Wildman–Crippen LogP) is 3.47. The Balaban J connectivity index is 1.87. The van der Waals surface area contributed by atoms with Crippen LogP contribution < -0.4 is 5.32 Å². The van der Waals surface area contributed by atoms with Gasteiger partial charge < -0.3 is 10.1 Å². The maximum Gasteiger partial charge on any atom is 0.293 e. The molecule has 3 unspecified atom stereocenters. The number of hydrogen-bond donors (Lipinski definition) is 1. The number of nitrogens with one attached hydrogen (secondary N) is 1. The molecule has 1 aliphatic heterocycles. The summed E-state index contributed by atoms with van der Waals surface area (Å²) in [7, 11) is 0. The molecule has 0 aromatic heterocycles. The van der Waals surface area contributed by atoms with Crippen molar-refractivity contribution in [2.75, 3.05) is 11.9 Å². The van der Waals surface area contributed by atoms with E-state index in [1.165, 1.54) is 6.07 Å². The minimum absolute atomic E-state index is 0.0192. The van der Waals surface area contributed by atoms with Gasteiger partial charge in [0.2, 0.25) is 0 Å². The van der Waals surface area contributed by atoms with Crippen LogP contribution in [0.15, 0.2) is 18.2 Å². The highest BCUT2D eigenvalue weighted by Gasteiger charge is 2.59. The average Bonchev–Trinajstić information content (AvgIpc) is 2.83. The van der Waals surface area contributed by atoms with Crippen LogP contribution in [0.3, 0.4) is 0 Å². The van der Waals surface area contributed by atoms with Gasteiger partial charge in [0.15, 0.2) is 0 Å². The molecule has 0 radical (unpaired) electrons. The van der Waals surface area contributed by atoms with Crippen molar-refractivity contribution < 1.29 is 9.66 Å². The zero-order valence-electron chi connectivity index (χ0n) is 11.4. The lowest BCUT2D eigenvalue weighted by Gasteiger charge is -2.54. The van der Waals surface area contributed by atoms with Crippen molar-refractivity contribution in [3.63, 3.8) is 0 Å². The van der Waals surface area contributed by atoms with Crippen molar-refractivity contribution in [1.82, 2.24) is 0 Å². The lowest BCUT2D eigenvalue weighted by molar-refractivity contribution is -0.384. The molecule has 0 bridgehead atoms. The minimum atomic E-state index is -0.400. The zero-order valence-corrected chi connectivity index (χ0v) is 12.2. The highest BCUT2D eigenvalue weighted by atomic mass is 35.5. The van der Waals surface area contributed by atoms with Gasteiger partial charge in [0.05, 0.1) is 11.0 Å². The van der Waals surface area contributed by atoms with Crippen LogP contribution in [0.2, 0.25) is 5.02 Å². The number of nitro groups is 1. The molecule has 2 aliphatic rings. The number of benzene rings is 1. The van der Waals surface area contributed by atoms with Gasteiger partial charge in [-0.25, -0.2) is 0 Å². The lowest BCUT2D eigenvalue weighted by Crippen LogP contribution is -2.63.